The van der Waals surface area contributed by atoms with Crippen LogP contribution < -0.4 is 5.32 Å². The van der Waals surface area contributed by atoms with Crippen molar-refractivity contribution in [1.82, 2.24) is 4.90 Å². The molecule has 0 spiro atoms. The largest absolute Gasteiger partial charge is 0.464 e. The molecule has 4 atom stereocenters. The van der Waals surface area contributed by atoms with E-state index < -0.39 is 23.3 Å². The van der Waals surface area contributed by atoms with Crippen LogP contribution in [0.1, 0.15) is 36.9 Å². The van der Waals surface area contributed by atoms with Gasteiger partial charge in [-0.15, -0.1) is 0 Å². The number of methoxy groups -OCH3 is 1. The molecule has 1 aromatic carbocycles. The minimum atomic E-state index is -1.04. The molecule has 6 heteroatoms. The Morgan fingerprint density at radius 2 is 1.96 bits per heavy atom. The van der Waals surface area contributed by atoms with Crippen molar-refractivity contribution in [2.45, 2.75) is 38.3 Å². The Hall–Kier alpha value is -2.21. The summed E-state index contributed by atoms with van der Waals surface area (Å²) in [7, 11) is 2.85. The molecule has 134 valence electrons. The normalized spacial score (nSPS) is 31.4. The molecule has 2 N–H and O–H groups in total. The van der Waals surface area contributed by atoms with Crippen molar-refractivity contribution in [3.63, 3.8) is 0 Å². The van der Waals surface area contributed by atoms with Crippen LogP contribution in [0.4, 0.5) is 0 Å². The molecule has 3 rings (SSSR count). The molecule has 2 heterocycles. The van der Waals surface area contributed by atoms with Gasteiger partial charge in [-0.2, -0.15) is 0 Å². The summed E-state index contributed by atoms with van der Waals surface area (Å²) in [4.78, 5) is 39.6. The summed E-state index contributed by atoms with van der Waals surface area (Å²) in [5.41, 5.74) is 1.00. The van der Waals surface area contributed by atoms with E-state index in [1.807, 2.05) is 43.4 Å². The van der Waals surface area contributed by atoms with Crippen molar-refractivity contribution in [3.05, 3.63) is 35.4 Å². The quantitative estimate of drug-likeness (QED) is 0.639. The number of carbonyl (C=O) groups excluding carboxylic acids is 3. The number of hydrogen-bond acceptors (Lipinski definition) is 4. The third kappa shape index (κ3) is 2.39. The first-order valence-electron chi connectivity index (χ1n) is 8.70. The molecule has 2 aliphatic rings. The van der Waals surface area contributed by atoms with Crippen LogP contribution in [0.5, 0.6) is 0 Å². The average molecular weight is 345 g/mol. The Morgan fingerprint density at radius 3 is 2.56 bits per heavy atom. The van der Waals surface area contributed by atoms with E-state index in [1.165, 1.54) is 19.1 Å². The molecule has 0 radical (unpaired) electrons. The molecule has 6 nitrogen and oxygen atoms in total. The summed E-state index contributed by atoms with van der Waals surface area (Å²) in [6, 6.07) is 7.56. The summed E-state index contributed by atoms with van der Waals surface area (Å²) >= 11 is 0. The van der Waals surface area contributed by atoms with Crippen molar-refractivity contribution < 1.29 is 24.4 Å². The zero-order valence-corrected chi connectivity index (χ0v) is 15.1. The van der Waals surface area contributed by atoms with E-state index in [2.05, 4.69) is 0 Å². The lowest BCUT2D eigenvalue weighted by Crippen LogP contribution is -2.98. The van der Waals surface area contributed by atoms with Crippen molar-refractivity contribution in [3.8, 4) is 0 Å². The van der Waals surface area contributed by atoms with Crippen molar-refractivity contribution in [2.75, 3.05) is 14.2 Å². The Bertz CT molecular complexity index is 732. The van der Waals surface area contributed by atoms with Gasteiger partial charge in [0.25, 0.3) is 0 Å². The first kappa shape index (κ1) is 17.6. The SMILES string of the molecule is CCC[C@@]1(C(=O)OC)[NH2+][C@@H](c2ccccc2C)[C@H]2C(=O)N(C)C(=O)[C@H]21. The van der Waals surface area contributed by atoms with Crippen LogP contribution in [-0.2, 0) is 19.1 Å². The number of hydrogen-bond donors (Lipinski definition) is 1. The van der Waals surface area contributed by atoms with Crippen LogP contribution in [-0.4, -0.2) is 42.4 Å². The number of likely N-dealkylation sites (tertiary alicyclic amines) is 1. The lowest BCUT2D eigenvalue weighted by atomic mass is 9.77. The van der Waals surface area contributed by atoms with Gasteiger partial charge in [0.2, 0.25) is 17.4 Å². The monoisotopic (exact) mass is 345 g/mol. The van der Waals surface area contributed by atoms with Gasteiger partial charge < -0.3 is 10.1 Å². The second-order valence-corrected chi connectivity index (χ2v) is 7.07. The number of esters is 1. The van der Waals surface area contributed by atoms with E-state index in [4.69, 9.17) is 4.74 Å². The third-order valence-electron chi connectivity index (χ3n) is 5.77. The molecule has 2 fully saturated rings. The zero-order valence-electron chi connectivity index (χ0n) is 15.1. The van der Waals surface area contributed by atoms with E-state index in [0.29, 0.717) is 6.42 Å². The van der Waals surface area contributed by atoms with E-state index in [-0.39, 0.29) is 17.9 Å². The van der Waals surface area contributed by atoms with Crippen LogP contribution in [0, 0.1) is 18.8 Å². The Morgan fingerprint density at radius 1 is 1.28 bits per heavy atom. The van der Waals surface area contributed by atoms with Gasteiger partial charge in [-0.05, 0) is 18.9 Å². The second kappa shape index (κ2) is 6.26. The van der Waals surface area contributed by atoms with Gasteiger partial charge in [0.05, 0.1) is 7.11 Å². The maximum atomic E-state index is 12.8. The van der Waals surface area contributed by atoms with Crippen LogP contribution >= 0.6 is 0 Å². The molecule has 1 aromatic rings. The number of nitrogens with zero attached hydrogens (tertiary/aromatic N) is 1. The number of ether oxygens (including phenoxy) is 1. The molecule has 2 aliphatic heterocycles. The van der Waals surface area contributed by atoms with Gasteiger partial charge in [0, 0.05) is 19.0 Å². The highest BCUT2D eigenvalue weighted by Crippen LogP contribution is 2.46. The minimum absolute atomic E-state index is 0.207. The Balaban J connectivity index is 2.17. The van der Waals surface area contributed by atoms with Gasteiger partial charge in [-0.1, -0.05) is 31.2 Å². The number of imide groups is 1. The molecule has 0 aliphatic carbocycles. The molecule has 2 saturated heterocycles. The highest BCUT2D eigenvalue weighted by molar-refractivity contribution is 6.08. The number of quaternary nitrogens is 1. The summed E-state index contributed by atoms with van der Waals surface area (Å²) < 4.78 is 5.08. The standard InChI is InChI=1S/C19H24N2O4/c1-5-10-19(18(24)25-4)14-13(16(22)21(3)17(14)23)15(20-19)12-9-7-6-8-11(12)2/h6-9,13-15,20H,5,10H2,1-4H3/p+1/t13-,14-,15-,19+/m0/s1. The predicted molar refractivity (Wildman–Crippen MR) is 90.3 cm³/mol. The number of carbonyl (C=O) groups is 3. The zero-order chi connectivity index (χ0) is 18.4. The molecular formula is C19H25N2O4+. The first-order valence-corrected chi connectivity index (χ1v) is 8.70. The average Bonchev–Trinajstić information content (AvgIpc) is 3.05. The maximum Gasteiger partial charge on any atom is 0.368 e. The van der Waals surface area contributed by atoms with Crippen molar-refractivity contribution in [1.29, 1.82) is 0 Å². The smallest absolute Gasteiger partial charge is 0.368 e. The fourth-order valence-electron chi connectivity index (χ4n) is 4.65. The molecule has 0 unspecified atom stereocenters. The topological polar surface area (TPSA) is 80.3 Å². The lowest BCUT2D eigenvalue weighted by molar-refractivity contribution is -0.735. The number of fused-ring (bicyclic) bond motifs is 1. The summed E-state index contributed by atoms with van der Waals surface area (Å²) in [6.45, 7) is 3.96. The third-order valence-corrected chi connectivity index (χ3v) is 5.77. The summed E-state index contributed by atoms with van der Waals surface area (Å²) in [6.07, 6.45) is 1.22. The number of amides is 2. The van der Waals surface area contributed by atoms with Crippen molar-refractivity contribution in [2.24, 2.45) is 11.8 Å². The minimum Gasteiger partial charge on any atom is -0.464 e. The van der Waals surface area contributed by atoms with Gasteiger partial charge in [-0.25, -0.2) is 4.79 Å². The van der Waals surface area contributed by atoms with E-state index in [1.54, 1.807) is 0 Å². The van der Waals surface area contributed by atoms with E-state index in [9.17, 15) is 14.4 Å². The second-order valence-electron chi connectivity index (χ2n) is 7.07. The predicted octanol–water partition coefficient (Wildman–Crippen LogP) is 0.556. The highest BCUT2D eigenvalue weighted by atomic mass is 16.5. The molecule has 25 heavy (non-hydrogen) atoms. The van der Waals surface area contributed by atoms with Gasteiger partial charge >= 0.3 is 5.97 Å². The molecule has 0 saturated carbocycles. The van der Waals surface area contributed by atoms with Gasteiger partial charge in [0.15, 0.2) is 0 Å². The fraction of sp³-hybridized carbons (Fsp3) is 0.526. The van der Waals surface area contributed by atoms with Crippen molar-refractivity contribution >= 4 is 17.8 Å². The summed E-state index contributed by atoms with van der Waals surface area (Å²) in [5, 5.41) is 1.92. The van der Waals surface area contributed by atoms with Crippen LogP contribution in [0.3, 0.4) is 0 Å². The van der Waals surface area contributed by atoms with E-state index in [0.717, 1.165) is 17.5 Å². The molecule has 0 bridgehead atoms. The number of aryl methyl sites for hydroxylation is 1. The Labute approximate surface area is 147 Å². The van der Waals surface area contributed by atoms with Crippen LogP contribution in [0.25, 0.3) is 0 Å². The summed E-state index contributed by atoms with van der Waals surface area (Å²) in [5.74, 6) is -2.12. The molecule has 2 amide bonds. The number of nitrogens with two attached hydrogens (primary N) is 1. The molecule has 0 aromatic heterocycles. The van der Waals surface area contributed by atoms with E-state index >= 15 is 0 Å². The number of rotatable bonds is 4. The lowest BCUT2D eigenvalue weighted by Gasteiger charge is -2.28. The number of benzene rings is 1. The first-order chi connectivity index (χ1) is 11.9. The Kier molecular flexibility index (Phi) is 4.41. The fourth-order valence-corrected chi connectivity index (χ4v) is 4.65. The highest BCUT2D eigenvalue weighted by Gasteiger charge is 2.71. The van der Waals surface area contributed by atoms with Gasteiger partial charge in [-0.3, -0.25) is 14.5 Å². The molecular weight excluding hydrogens is 320 g/mol. The van der Waals surface area contributed by atoms with Crippen LogP contribution in [0.15, 0.2) is 24.3 Å². The maximum absolute atomic E-state index is 12.8. The van der Waals surface area contributed by atoms with Gasteiger partial charge in [0.1, 0.15) is 17.9 Å². The van der Waals surface area contributed by atoms with Crippen LogP contribution in [0.2, 0.25) is 0 Å².